The lowest BCUT2D eigenvalue weighted by Gasteiger charge is -2.15. The quantitative estimate of drug-likeness (QED) is 0.623. The minimum atomic E-state index is -1.17. The average Bonchev–Trinajstić information content (AvgIpc) is 2.33. The lowest BCUT2D eigenvalue weighted by atomic mass is 9.99. The second-order valence-corrected chi connectivity index (χ2v) is 20.8. The third-order valence-corrected chi connectivity index (χ3v) is 4.03. The van der Waals surface area contributed by atoms with Gasteiger partial charge in [0.1, 0.15) is 0 Å². The Kier molecular flexibility index (Phi) is 17.4. The summed E-state index contributed by atoms with van der Waals surface area (Å²) in [6, 6.07) is 10.3. The highest BCUT2D eigenvalue weighted by atomic mass is 28.3. The van der Waals surface area contributed by atoms with Crippen molar-refractivity contribution in [2.24, 2.45) is 0 Å². The smallest absolute Gasteiger partial charge is 0.448 e. The van der Waals surface area contributed by atoms with Crippen molar-refractivity contribution in [2.45, 2.75) is 79.0 Å². The Bertz CT molecular complexity index is 451. The van der Waals surface area contributed by atoms with E-state index in [2.05, 4.69) is 77.0 Å². The molecule has 1 aromatic rings. The van der Waals surface area contributed by atoms with E-state index in [0.717, 1.165) is 6.92 Å². The van der Waals surface area contributed by atoms with Crippen molar-refractivity contribution < 1.29 is 19.9 Å². The number of carboxylic acid groups (broad SMARTS) is 1. The summed E-state index contributed by atoms with van der Waals surface area (Å²) in [6.45, 7) is 21.1. The molecule has 0 aliphatic rings. The van der Waals surface area contributed by atoms with Gasteiger partial charge in [-0.3, -0.25) is 4.79 Å². The minimum Gasteiger partial charge on any atom is -0.481 e. The number of aryl methyl sites for hydroxylation is 2. The second kappa shape index (κ2) is 15.2. The number of hydrogen-bond acceptors (Lipinski definition) is 3. The molecule has 0 fully saturated rings. The Morgan fingerprint density at radius 2 is 1.23 bits per heavy atom. The molecule has 26 heavy (non-hydrogen) atoms. The van der Waals surface area contributed by atoms with E-state index in [1.807, 2.05) is 0 Å². The summed E-state index contributed by atoms with van der Waals surface area (Å²) < 4.78 is 0. The maximum absolute atomic E-state index is 9.00. The van der Waals surface area contributed by atoms with Gasteiger partial charge in [0.05, 0.1) is 0 Å². The van der Waals surface area contributed by atoms with Gasteiger partial charge in [0.15, 0.2) is 0 Å². The molecule has 7 heteroatoms. The van der Waals surface area contributed by atoms with E-state index in [1.54, 1.807) is 0 Å². The van der Waals surface area contributed by atoms with E-state index in [-0.39, 0.29) is 0 Å². The number of aliphatic carboxylic acids is 1. The number of hydrogen-bond donors (Lipinski definition) is 3. The van der Waals surface area contributed by atoms with Gasteiger partial charge >= 0.3 is 7.12 Å². The summed E-state index contributed by atoms with van der Waals surface area (Å²) in [6.07, 6.45) is 1.26. The molecule has 152 valence electrons. The number of benzene rings is 1. The molecule has 0 spiro atoms. The van der Waals surface area contributed by atoms with Gasteiger partial charge in [-0.1, -0.05) is 81.7 Å². The molecule has 0 unspecified atom stereocenters. The molecule has 0 bridgehead atoms. The van der Waals surface area contributed by atoms with Crippen LogP contribution in [0.4, 0.5) is 0 Å². The number of rotatable bonds is 3. The Morgan fingerprint density at radius 3 is 1.46 bits per heavy atom. The van der Waals surface area contributed by atoms with Crippen LogP contribution >= 0.6 is 0 Å². The average molecular weight is 401 g/mol. The largest absolute Gasteiger partial charge is 0.481 e. The van der Waals surface area contributed by atoms with Crippen molar-refractivity contribution in [1.29, 1.82) is 0 Å². The first-order chi connectivity index (χ1) is 11.4. The van der Waals surface area contributed by atoms with Gasteiger partial charge in [0.2, 0.25) is 0 Å². The molecule has 4 nitrogen and oxygen atoms in total. The zero-order valence-electron chi connectivity index (χ0n) is 18.6. The second-order valence-electron chi connectivity index (χ2n) is 9.20. The summed E-state index contributed by atoms with van der Waals surface area (Å²) in [4.78, 5) is 9.00. The molecule has 0 saturated heterocycles. The maximum atomic E-state index is 9.00. The standard InChI is InChI=1S/C12H20Si.C4H12Si.C2H4O2.CH5BO2/c1-11-5-7-12(8-6-11)9-10-13(2,3)4;1-5(2,3)4;2*1-2(3)4/h5-8H,9-10H2,1-4H3;1-4H3;1H3,(H,3,4);3-4H,1H3. The van der Waals surface area contributed by atoms with Gasteiger partial charge in [-0.05, 0) is 25.7 Å². The summed E-state index contributed by atoms with van der Waals surface area (Å²) in [5.74, 6) is -0.833. The maximum Gasteiger partial charge on any atom is 0.448 e. The normalized spacial score (nSPS) is 10.2. The zero-order chi connectivity index (χ0) is 21.6. The zero-order valence-corrected chi connectivity index (χ0v) is 20.6. The fourth-order valence-electron chi connectivity index (χ4n) is 1.27. The van der Waals surface area contributed by atoms with Crippen molar-refractivity contribution in [3.63, 3.8) is 0 Å². The van der Waals surface area contributed by atoms with E-state index in [1.165, 1.54) is 30.4 Å². The molecule has 0 aromatic heterocycles. The topological polar surface area (TPSA) is 77.8 Å². The number of carbonyl (C=O) groups is 1. The summed E-state index contributed by atoms with van der Waals surface area (Å²) >= 11 is 0. The van der Waals surface area contributed by atoms with Crippen LogP contribution in [0.15, 0.2) is 24.3 Å². The predicted molar refractivity (Wildman–Crippen MR) is 122 cm³/mol. The molecule has 0 aliphatic heterocycles. The lowest BCUT2D eigenvalue weighted by Crippen LogP contribution is -2.19. The lowest BCUT2D eigenvalue weighted by molar-refractivity contribution is -0.134. The first kappa shape index (κ1) is 29.9. The molecule has 3 N–H and O–H groups in total. The van der Waals surface area contributed by atoms with Crippen LogP contribution in [0.5, 0.6) is 0 Å². The highest BCUT2D eigenvalue weighted by molar-refractivity contribution is 6.76. The summed E-state index contributed by atoms with van der Waals surface area (Å²) in [7, 11) is -2.63. The van der Waals surface area contributed by atoms with Crippen LogP contribution in [-0.2, 0) is 11.2 Å². The fourth-order valence-corrected chi connectivity index (χ4v) is 2.31. The van der Waals surface area contributed by atoms with Crippen molar-refractivity contribution in [3.8, 4) is 0 Å². The molecule has 1 rings (SSSR count). The van der Waals surface area contributed by atoms with Crippen LogP contribution in [-0.4, -0.2) is 44.4 Å². The third-order valence-electron chi connectivity index (χ3n) is 2.28. The Labute approximate surface area is 163 Å². The van der Waals surface area contributed by atoms with Crippen molar-refractivity contribution in [2.75, 3.05) is 0 Å². The Hall–Kier alpha value is -0.891. The van der Waals surface area contributed by atoms with E-state index >= 15 is 0 Å². The first-order valence-corrected chi connectivity index (χ1v) is 16.8. The molecular weight excluding hydrogens is 359 g/mol. The Morgan fingerprint density at radius 1 is 0.962 bits per heavy atom. The SMILES string of the molecule is CB(O)O.CC(=O)O.C[Si](C)(C)C.Cc1ccc(CC[Si](C)(C)C)cc1. The van der Waals surface area contributed by atoms with Crippen LogP contribution in [0.2, 0.25) is 58.7 Å². The van der Waals surface area contributed by atoms with Crippen LogP contribution < -0.4 is 0 Å². The highest BCUT2D eigenvalue weighted by Crippen LogP contribution is 2.13. The molecular formula is C19H41BO4Si2. The molecule has 0 amide bonds. The van der Waals surface area contributed by atoms with Crippen molar-refractivity contribution >= 4 is 29.2 Å². The van der Waals surface area contributed by atoms with Crippen LogP contribution in [0.3, 0.4) is 0 Å². The Balaban J connectivity index is -0.000000337. The fraction of sp³-hybridized carbons (Fsp3) is 0.632. The monoisotopic (exact) mass is 400 g/mol. The van der Waals surface area contributed by atoms with Crippen LogP contribution in [0.25, 0.3) is 0 Å². The minimum absolute atomic E-state index is 0.611. The van der Waals surface area contributed by atoms with Crippen molar-refractivity contribution in [1.82, 2.24) is 0 Å². The highest BCUT2D eigenvalue weighted by Gasteiger charge is 2.12. The molecule has 0 saturated carbocycles. The van der Waals surface area contributed by atoms with Gasteiger partial charge in [0, 0.05) is 23.1 Å². The molecule has 0 aliphatic carbocycles. The van der Waals surface area contributed by atoms with E-state index in [4.69, 9.17) is 19.9 Å². The summed E-state index contributed by atoms with van der Waals surface area (Å²) in [5.41, 5.74) is 2.85. The van der Waals surface area contributed by atoms with E-state index in [0.29, 0.717) is 0 Å². The molecule has 1 aromatic carbocycles. The number of carboxylic acids is 1. The third kappa shape index (κ3) is 49.5. The van der Waals surface area contributed by atoms with E-state index in [9.17, 15) is 0 Å². The van der Waals surface area contributed by atoms with E-state index < -0.39 is 29.2 Å². The van der Waals surface area contributed by atoms with Crippen LogP contribution in [0, 0.1) is 6.92 Å². The van der Waals surface area contributed by atoms with Gasteiger partial charge in [-0.15, -0.1) is 0 Å². The van der Waals surface area contributed by atoms with Crippen LogP contribution in [0.1, 0.15) is 18.1 Å². The van der Waals surface area contributed by atoms with Gasteiger partial charge in [-0.2, -0.15) is 0 Å². The molecule has 0 radical (unpaired) electrons. The van der Waals surface area contributed by atoms with Gasteiger partial charge in [0.25, 0.3) is 5.97 Å². The first-order valence-electron chi connectivity index (χ1n) is 9.05. The molecule has 0 heterocycles. The van der Waals surface area contributed by atoms with Crippen molar-refractivity contribution in [3.05, 3.63) is 35.4 Å². The van der Waals surface area contributed by atoms with Gasteiger partial charge in [-0.25, -0.2) is 0 Å². The van der Waals surface area contributed by atoms with Gasteiger partial charge < -0.3 is 15.2 Å². The molecule has 0 atom stereocenters. The summed E-state index contributed by atoms with van der Waals surface area (Å²) in [5, 5.41) is 22.6. The predicted octanol–water partition coefficient (Wildman–Crippen LogP) is 5.01.